The third kappa shape index (κ3) is 6.10. The van der Waals surface area contributed by atoms with Crippen molar-refractivity contribution in [2.45, 2.75) is 58.7 Å². The molecule has 0 amide bonds. The Morgan fingerprint density at radius 2 is 0.714 bits per heavy atom. The first kappa shape index (κ1) is 24.9. The molecule has 4 rings (SSSR count). The van der Waals surface area contributed by atoms with Gasteiger partial charge in [-0.3, -0.25) is 4.90 Å². The van der Waals surface area contributed by atoms with E-state index in [1.54, 1.807) is 0 Å². The van der Waals surface area contributed by atoms with E-state index in [0.29, 0.717) is 0 Å². The van der Waals surface area contributed by atoms with Gasteiger partial charge in [-0.1, -0.05) is 142 Å². The summed E-state index contributed by atoms with van der Waals surface area (Å²) in [6.45, 7) is 11.9. The smallest absolute Gasteiger partial charge is 0.0615 e. The lowest BCUT2D eigenvalue weighted by atomic mass is 9.77. The van der Waals surface area contributed by atoms with Crippen LogP contribution in [0.1, 0.15) is 75.4 Å². The van der Waals surface area contributed by atoms with E-state index in [2.05, 4.69) is 161 Å². The minimum atomic E-state index is -0.106. The summed E-state index contributed by atoms with van der Waals surface area (Å²) in [7, 11) is 0. The molecule has 1 heteroatoms. The van der Waals surface area contributed by atoms with Crippen molar-refractivity contribution >= 4 is 0 Å². The first-order valence-corrected chi connectivity index (χ1v) is 12.7. The third-order valence-corrected chi connectivity index (χ3v) is 6.68. The van der Waals surface area contributed by atoms with Crippen molar-refractivity contribution in [3.05, 3.63) is 144 Å². The molecule has 0 atom stereocenters. The highest BCUT2D eigenvalue weighted by Crippen LogP contribution is 2.47. The van der Waals surface area contributed by atoms with Gasteiger partial charge in [-0.05, 0) is 47.9 Å². The van der Waals surface area contributed by atoms with Gasteiger partial charge in [-0.25, -0.2) is 0 Å². The van der Waals surface area contributed by atoms with Crippen LogP contribution < -0.4 is 0 Å². The van der Waals surface area contributed by atoms with Crippen molar-refractivity contribution in [2.24, 2.45) is 5.41 Å². The molecule has 4 aromatic carbocycles. The minimum Gasteiger partial charge on any atom is -0.276 e. The van der Waals surface area contributed by atoms with Gasteiger partial charge in [0.25, 0.3) is 0 Å². The summed E-state index contributed by atoms with van der Waals surface area (Å²) in [4.78, 5) is 2.77. The SMILES string of the molecule is CC(C)(C)CC(C)(C)N(C(c1ccccc1)c1ccccc1)C(c1ccccc1)c1ccccc1. The molecule has 35 heavy (non-hydrogen) atoms. The maximum atomic E-state index is 2.77. The largest absolute Gasteiger partial charge is 0.276 e. The summed E-state index contributed by atoms with van der Waals surface area (Å²) in [6.07, 6.45) is 1.06. The molecular formula is C34H39N. The summed E-state index contributed by atoms with van der Waals surface area (Å²) in [5.41, 5.74) is 5.34. The zero-order valence-electron chi connectivity index (χ0n) is 21.9. The molecule has 0 saturated carbocycles. The van der Waals surface area contributed by atoms with Crippen molar-refractivity contribution in [1.29, 1.82) is 0 Å². The first-order valence-electron chi connectivity index (χ1n) is 12.7. The Bertz CT molecular complexity index is 997. The Morgan fingerprint density at radius 1 is 0.457 bits per heavy atom. The zero-order chi connectivity index (χ0) is 24.9. The van der Waals surface area contributed by atoms with Gasteiger partial charge in [-0.15, -0.1) is 0 Å². The molecule has 0 bridgehead atoms. The van der Waals surface area contributed by atoms with Crippen molar-refractivity contribution in [1.82, 2.24) is 4.90 Å². The molecule has 0 N–H and O–H groups in total. The molecule has 0 aromatic heterocycles. The van der Waals surface area contributed by atoms with E-state index in [1.165, 1.54) is 22.3 Å². The highest BCUT2D eigenvalue weighted by atomic mass is 15.3. The normalized spacial score (nSPS) is 12.5. The molecule has 0 unspecified atom stereocenters. The summed E-state index contributed by atoms with van der Waals surface area (Å²) >= 11 is 0. The molecule has 0 fully saturated rings. The number of hydrogen-bond acceptors (Lipinski definition) is 1. The predicted octanol–water partition coefficient (Wildman–Crippen LogP) is 9.08. The van der Waals surface area contributed by atoms with Gasteiger partial charge in [-0.2, -0.15) is 0 Å². The fourth-order valence-corrected chi connectivity index (χ4v) is 5.81. The van der Waals surface area contributed by atoms with Crippen LogP contribution in [0.5, 0.6) is 0 Å². The van der Waals surface area contributed by atoms with Crippen molar-refractivity contribution in [3.8, 4) is 0 Å². The molecule has 0 heterocycles. The van der Waals surface area contributed by atoms with Gasteiger partial charge in [0.2, 0.25) is 0 Å². The van der Waals surface area contributed by atoms with E-state index >= 15 is 0 Å². The van der Waals surface area contributed by atoms with Crippen LogP contribution in [0.2, 0.25) is 0 Å². The molecule has 4 aromatic rings. The van der Waals surface area contributed by atoms with Crippen LogP contribution in [0.25, 0.3) is 0 Å². The zero-order valence-corrected chi connectivity index (χ0v) is 21.9. The van der Waals surface area contributed by atoms with Gasteiger partial charge in [0.05, 0.1) is 12.1 Å². The van der Waals surface area contributed by atoms with E-state index in [0.717, 1.165) is 6.42 Å². The van der Waals surface area contributed by atoms with Gasteiger partial charge < -0.3 is 0 Å². The molecular weight excluding hydrogens is 422 g/mol. The molecule has 0 radical (unpaired) electrons. The molecule has 0 aliphatic carbocycles. The third-order valence-electron chi connectivity index (χ3n) is 6.68. The van der Waals surface area contributed by atoms with E-state index in [4.69, 9.17) is 0 Å². The monoisotopic (exact) mass is 461 g/mol. The average Bonchev–Trinajstić information content (AvgIpc) is 2.85. The number of hydrogen-bond donors (Lipinski definition) is 0. The highest BCUT2D eigenvalue weighted by Gasteiger charge is 2.42. The fourth-order valence-electron chi connectivity index (χ4n) is 5.81. The molecule has 0 saturated heterocycles. The summed E-state index contributed by atoms with van der Waals surface area (Å²) in [5.74, 6) is 0. The number of benzene rings is 4. The predicted molar refractivity (Wildman–Crippen MR) is 149 cm³/mol. The second-order valence-corrected chi connectivity index (χ2v) is 11.4. The van der Waals surface area contributed by atoms with Crippen LogP contribution in [0.3, 0.4) is 0 Å². The van der Waals surface area contributed by atoms with Crippen molar-refractivity contribution in [3.63, 3.8) is 0 Å². The van der Waals surface area contributed by atoms with E-state index in [9.17, 15) is 0 Å². The van der Waals surface area contributed by atoms with E-state index in [-0.39, 0.29) is 23.0 Å². The van der Waals surface area contributed by atoms with Crippen LogP contribution in [0, 0.1) is 5.41 Å². The van der Waals surface area contributed by atoms with Gasteiger partial charge in [0.1, 0.15) is 0 Å². The van der Waals surface area contributed by atoms with Crippen LogP contribution >= 0.6 is 0 Å². The Morgan fingerprint density at radius 3 is 0.943 bits per heavy atom. The molecule has 1 nitrogen and oxygen atoms in total. The van der Waals surface area contributed by atoms with Gasteiger partial charge in [0, 0.05) is 5.54 Å². The Balaban J connectivity index is 2.01. The van der Waals surface area contributed by atoms with Crippen LogP contribution in [0.15, 0.2) is 121 Å². The summed E-state index contributed by atoms with van der Waals surface area (Å²) in [5, 5.41) is 0. The summed E-state index contributed by atoms with van der Waals surface area (Å²) in [6, 6.07) is 44.2. The molecule has 180 valence electrons. The second kappa shape index (κ2) is 10.6. The van der Waals surface area contributed by atoms with Gasteiger partial charge in [0.15, 0.2) is 0 Å². The highest BCUT2D eigenvalue weighted by molar-refractivity contribution is 5.38. The lowest BCUT2D eigenvalue weighted by Crippen LogP contribution is -2.50. The molecule has 0 aliphatic heterocycles. The quantitative estimate of drug-likeness (QED) is 0.253. The Hall–Kier alpha value is -3.16. The fraction of sp³-hybridized carbons (Fsp3) is 0.294. The maximum Gasteiger partial charge on any atom is 0.0615 e. The minimum absolute atomic E-state index is 0.0974. The standard InChI is InChI=1S/C34H39N/c1-33(2,3)26-34(4,5)35(31(27-18-10-6-11-19-27)28-20-12-7-13-21-28)32(29-22-14-8-15-23-29)30-24-16-9-17-25-30/h6-25,31-32H,26H2,1-5H3. The van der Waals surface area contributed by atoms with Crippen LogP contribution in [-0.4, -0.2) is 10.4 Å². The lowest BCUT2D eigenvalue weighted by molar-refractivity contribution is 0.0222. The van der Waals surface area contributed by atoms with E-state index < -0.39 is 0 Å². The van der Waals surface area contributed by atoms with Crippen LogP contribution in [0.4, 0.5) is 0 Å². The number of rotatable bonds is 8. The van der Waals surface area contributed by atoms with Crippen LogP contribution in [-0.2, 0) is 0 Å². The number of nitrogens with zero attached hydrogens (tertiary/aromatic N) is 1. The molecule has 0 spiro atoms. The van der Waals surface area contributed by atoms with Crippen molar-refractivity contribution < 1.29 is 0 Å². The van der Waals surface area contributed by atoms with E-state index in [1.807, 2.05) is 0 Å². The Kier molecular flexibility index (Phi) is 7.57. The summed E-state index contributed by atoms with van der Waals surface area (Å²) < 4.78 is 0. The second-order valence-electron chi connectivity index (χ2n) is 11.4. The molecule has 0 aliphatic rings. The lowest BCUT2D eigenvalue weighted by Gasteiger charge is -2.51. The first-order chi connectivity index (χ1) is 16.8. The average molecular weight is 462 g/mol. The maximum absolute atomic E-state index is 2.77. The van der Waals surface area contributed by atoms with Gasteiger partial charge >= 0.3 is 0 Å². The Labute approximate surface area is 212 Å². The van der Waals surface area contributed by atoms with Crippen molar-refractivity contribution in [2.75, 3.05) is 0 Å². The topological polar surface area (TPSA) is 3.24 Å².